The minimum absolute atomic E-state index is 0.00472. The fraction of sp³-hybridized carbons (Fsp3) is 0.571. The first-order chi connectivity index (χ1) is 14.1. The van der Waals surface area contributed by atoms with Crippen LogP contribution in [0.3, 0.4) is 0 Å². The van der Waals surface area contributed by atoms with Gasteiger partial charge < -0.3 is 19.9 Å². The van der Waals surface area contributed by atoms with Crippen LogP contribution in [0.4, 0.5) is 5.69 Å². The van der Waals surface area contributed by atoms with E-state index in [0.29, 0.717) is 37.4 Å². The molecule has 1 aromatic carbocycles. The number of anilines is 1. The van der Waals surface area contributed by atoms with Gasteiger partial charge in [-0.1, -0.05) is 27.7 Å². The number of amides is 1. The summed E-state index contributed by atoms with van der Waals surface area (Å²) in [5.74, 6) is -0.663. The highest BCUT2D eigenvalue weighted by Gasteiger charge is 2.15. The van der Waals surface area contributed by atoms with Gasteiger partial charge in [-0.2, -0.15) is 0 Å². The van der Waals surface area contributed by atoms with Crippen molar-refractivity contribution in [3.8, 4) is 0 Å². The Labute approximate surface area is 180 Å². The average Bonchev–Trinajstić information content (AvgIpc) is 2.68. The number of Topliss-reactive ketones (excluding diaryl/α,β-unsaturated/α-hetero) is 2. The summed E-state index contributed by atoms with van der Waals surface area (Å²) < 4.78 is 25.0. The second-order valence-corrected chi connectivity index (χ2v) is 8.56. The molecule has 9 heteroatoms. The zero-order valence-electron chi connectivity index (χ0n) is 18.0. The molecule has 1 unspecified atom stereocenters. The van der Waals surface area contributed by atoms with Gasteiger partial charge in [0.1, 0.15) is 5.78 Å². The third-order valence-corrected chi connectivity index (χ3v) is 4.83. The Balaban J connectivity index is 2.73. The van der Waals surface area contributed by atoms with E-state index < -0.39 is 17.0 Å². The van der Waals surface area contributed by atoms with Crippen molar-refractivity contribution in [2.24, 2.45) is 11.8 Å². The Bertz CT molecular complexity index is 764. The molecule has 1 amide bonds. The summed E-state index contributed by atoms with van der Waals surface area (Å²) in [6.45, 7) is 8.49. The second kappa shape index (κ2) is 13.3. The predicted molar refractivity (Wildman–Crippen MR) is 117 cm³/mol. The van der Waals surface area contributed by atoms with Crippen LogP contribution in [0.25, 0.3) is 0 Å². The van der Waals surface area contributed by atoms with Crippen LogP contribution in [0.2, 0.25) is 0 Å². The van der Waals surface area contributed by atoms with E-state index in [2.05, 4.69) is 10.6 Å². The van der Waals surface area contributed by atoms with E-state index in [1.807, 2.05) is 13.8 Å². The molecule has 1 atom stereocenters. The lowest BCUT2D eigenvalue weighted by molar-refractivity contribution is -0.122. The van der Waals surface area contributed by atoms with Gasteiger partial charge in [0, 0.05) is 48.2 Å². The molecule has 3 N–H and O–H groups in total. The van der Waals surface area contributed by atoms with Gasteiger partial charge in [0.25, 0.3) is 5.91 Å². The summed E-state index contributed by atoms with van der Waals surface area (Å²) in [5.41, 5.74) is 1.30. The van der Waals surface area contributed by atoms with Crippen LogP contribution < -0.4 is 10.6 Å². The van der Waals surface area contributed by atoms with Crippen molar-refractivity contribution in [1.82, 2.24) is 5.32 Å². The van der Waals surface area contributed by atoms with Gasteiger partial charge in [0.2, 0.25) is 0 Å². The Morgan fingerprint density at radius 1 is 1.00 bits per heavy atom. The highest BCUT2D eigenvalue weighted by Crippen LogP contribution is 2.18. The normalized spacial score (nSPS) is 12.1. The van der Waals surface area contributed by atoms with Crippen LogP contribution in [-0.2, 0) is 20.6 Å². The maximum atomic E-state index is 12.4. The van der Waals surface area contributed by atoms with E-state index in [1.165, 1.54) is 6.07 Å². The maximum absolute atomic E-state index is 12.4. The van der Waals surface area contributed by atoms with Gasteiger partial charge >= 0.3 is 0 Å². The lowest BCUT2D eigenvalue weighted by Gasteiger charge is -2.13. The standard InChI is InChI=1S/C21H32N2O6S/c1-14(2)19(24)5-8-29-9-6-22-18-12-16(20(25)15(3)4)11-17(13-18)21(26)23-7-10-30(27)28/h11-15,22H,5-10H2,1-4H3,(H,23,26)(H,27,28). The van der Waals surface area contributed by atoms with E-state index in [0.717, 1.165) is 0 Å². The van der Waals surface area contributed by atoms with Gasteiger partial charge in [-0.15, -0.1) is 0 Å². The Morgan fingerprint density at radius 2 is 1.67 bits per heavy atom. The van der Waals surface area contributed by atoms with Crippen molar-refractivity contribution < 1.29 is 27.9 Å². The summed E-state index contributed by atoms with van der Waals surface area (Å²) in [6.07, 6.45) is 0.374. The Morgan fingerprint density at radius 3 is 2.27 bits per heavy atom. The van der Waals surface area contributed by atoms with Crippen LogP contribution in [0, 0.1) is 11.8 Å². The number of ether oxygens (including phenoxy) is 1. The number of carbonyl (C=O) groups excluding carboxylic acids is 3. The van der Waals surface area contributed by atoms with Gasteiger partial charge in [-0.3, -0.25) is 14.4 Å². The highest BCUT2D eigenvalue weighted by molar-refractivity contribution is 7.79. The molecule has 30 heavy (non-hydrogen) atoms. The zero-order chi connectivity index (χ0) is 22.7. The van der Waals surface area contributed by atoms with Crippen LogP contribution in [0.5, 0.6) is 0 Å². The molecule has 0 saturated carbocycles. The van der Waals surface area contributed by atoms with Crippen molar-refractivity contribution in [2.45, 2.75) is 34.1 Å². The molecule has 0 fully saturated rings. The Kier molecular flexibility index (Phi) is 11.5. The first-order valence-electron chi connectivity index (χ1n) is 10.0. The Hall–Kier alpha value is -2.10. The molecule has 0 heterocycles. The molecular weight excluding hydrogens is 408 g/mol. The monoisotopic (exact) mass is 440 g/mol. The van der Waals surface area contributed by atoms with E-state index in [-0.39, 0.29) is 41.3 Å². The van der Waals surface area contributed by atoms with E-state index in [4.69, 9.17) is 9.29 Å². The van der Waals surface area contributed by atoms with Crippen molar-refractivity contribution in [1.29, 1.82) is 0 Å². The lowest BCUT2D eigenvalue weighted by atomic mass is 9.98. The van der Waals surface area contributed by atoms with Crippen LogP contribution >= 0.6 is 0 Å². The largest absolute Gasteiger partial charge is 0.383 e. The quantitative estimate of drug-likeness (QED) is 0.231. The number of rotatable bonds is 14. The summed E-state index contributed by atoms with van der Waals surface area (Å²) >= 11 is -1.99. The molecule has 0 saturated heterocycles. The van der Waals surface area contributed by atoms with Gasteiger partial charge in [0.05, 0.1) is 19.0 Å². The van der Waals surface area contributed by atoms with Crippen molar-refractivity contribution in [3.05, 3.63) is 29.3 Å². The minimum atomic E-state index is -1.99. The van der Waals surface area contributed by atoms with E-state index >= 15 is 0 Å². The third kappa shape index (κ3) is 9.60. The van der Waals surface area contributed by atoms with E-state index in [9.17, 15) is 18.6 Å². The highest BCUT2D eigenvalue weighted by atomic mass is 32.2. The molecular formula is C21H32N2O6S. The van der Waals surface area contributed by atoms with Crippen molar-refractivity contribution in [3.63, 3.8) is 0 Å². The smallest absolute Gasteiger partial charge is 0.251 e. The average molecular weight is 441 g/mol. The molecule has 168 valence electrons. The first-order valence-corrected chi connectivity index (χ1v) is 11.3. The third-order valence-electron chi connectivity index (χ3n) is 4.28. The maximum Gasteiger partial charge on any atom is 0.251 e. The first kappa shape index (κ1) is 25.9. The fourth-order valence-electron chi connectivity index (χ4n) is 2.52. The molecule has 1 rings (SSSR count). The van der Waals surface area contributed by atoms with Crippen molar-refractivity contribution in [2.75, 3.05) is 37.4 Å². The molecule has 0 aliphatic rings. The summed E-state index contributed by atoms with van der Waals surface area (Å²) in [6, 6.07) is 4.82. The fourth-order valence-corrected chi connectivity index (χ4v) is 2.80. The number of ketones is 2. The van der Waals surface area contributed by atoms with Gasteiger partial charge in [0.15, 0.2) is 16.9 Å². The van der Waals surface area contributed by atoms with Crippen molar-refractivity contribution >= 4 is 34.2 Å². The number of hydrogen-bond donors (Lipinski definition) is 3. The number of nitrogens with one attached hydrogen (secondary N) is 2. The lowest BCUT2D eigenvalue weighted by Crippen LogP contribution is -2.28. The SMILES string of the molecule is CC(C)C(=O)CCOCCNc1cc(C(=O)NCCS(=O)O)cc(C(=O)C(C)C)c1. The summed E-state index contributed by atoms with van der Waals surface area (Å²) in [7, 11) is 0. The zero-order valence-corrected chi connectivity index (χ0v) is 18.8. The molecule has 0 aliphatic carbocycles. The van der Waals surface area contributed by atoms with Crippen LogP contribution in [0.15, 0.2) is 18.2 Å². The molecule has 1 aromatic rings. The minimum Gasteiger partial charge on any atom is -0.383 e. The van der Waals surface area contributed by atoms with Crippen LogP contribution in [0.1, 0.15) is 54.8 Å². The van der Waals surface area contributed by atoms with Gasteiger partial charge in [-0.25, -0.2) is 4.21 Å². The predicted octanol–water partition coefficient (Wildman–Crippen LogP) is 2.52. The molecule has 0 spiro atoms. The van der Waals surface area contributed by atoms with E-state index in [1.54, 1.807) is 26.0 Å². The second-order valence-electron chi connectivity index (χ2n) is 7.51. The topological polar surface area (TPSA) is 122 Å². The summed E-state index contributed by atoms with van der Waals surface area (Å²) in [5, 5.41) is 5.70. The molecule has 8 nitrogen and oxygen atoms in total. The van der Waals surface area contributed by atoms with Gasteiger partial charge in [-0.05, 0) is 18.2 Å². The molecule has 0 aliphatic heterocycles. The molecule has 0 bridgehead atoms. The number of hydrogen-bond acceptors (Lipinski definition) is 6. The van der Waals surface area contributed by atoms with Crippen LogP contribution in [-0.4, -0.2) is 58.3 Å². The number of carbonyl (C=O) groups is 3. The molecule has 0 radical (unpaired) electrons. The summed E-state index contributed by atoms with van der Waals surface area (Å²) in [4.78, 5) is 36.4. The molecule has 0 aromatic heterocycles. The number of benzene rings is 1.